The molecule has 1 aliphatic rings. The van der Waals surface area contributed by atoms with Crippen molar-refractivity contribution in [3.63, 3.8) is 0 Å². The van der Waals surface area contributed by atoms with Crippen LogP contribution in [-0.2, 0) is 14.4 Å². The molecule has 0 aliphatic carbocycles. The van der Waals surface area contributed by atoms with Crippen molar-refractivity contribution in [3.05, 3.63) is 0 Å². The molecule has 2 unspecified atom stereocenters. The standard InChI is InChI=1S/C10H16N4O5/c1-5(8(16)13-10(19)11-2)14-4-7(15)12-3-6(14)9(17)18/h5-6H,3-4H2,1-2H3,(H,12,15)(H,17,18)(H2,11,13,16,19). The molecule has 1 rings (SSSR count). The number of carboxylic acid groups (broad SMARTS) is 1. The third kappa shape index (κ3) is 3.65. The second-order valence-corrected chi connectivity index (χ2v) is 4.07. The fourth-order valence-corrected chi connectivity index (χ4v) is 1.73. The molecule has 2 atom stereocenters. The van der Waals surface area contributed by atoms with Crippen molar-refractivity contribution in [2.75, 3.05) is 20.1 Å². The van der Waals surface area contributed by atoms with Gasteiger partial charge in [-0.3, -0.25) is 24.6 Å². The van der Waals surface area contributed by atoms with Gasteiger partial charge in [0.05, 0.1) is 12.6 Å². The minimum absolute atomic E-state index is 0.0776. The maximum Gasteiger partial charge on any atom is 0.322 e. The van der Waals surface area contributed by atoms with E-state index in [9.17, 15) is 19.2 Å². The largest absolute Gasteiger partial charge is 0.480 e. The van der Waals surface area contributed by atoms with Gasteiger partial charge in [-0.1, -0.05) is 0 Å². The summed E-state index contributed by atoms with van der Waals surface area (Å²) in [5.74, 6) is -2.17. The minimum Gasteiger partial charge on any atom is -0.480 e. The van der Waals surface area contributed by atoms with Crippen LogP contribution in [0.5, 0.6) is 0 Å². The predicted octanol–water partition coefficient (Wildman–Crippen LogP) is -2.28. The first-order valence-electron chi connectivity index (χ1n) is 5.64. The molecule has 1 fully saturated rings. The van der Waals surface area contributed by atoms with Crippen LogP contribution >= 0.6 is 0 Å². The number of hydrogen-bond donors (Lipinski definition) is 4. The van der Waals surface area contributed by atoms with E-state index >= 15 is 0 Å². The fraction of sp³-hybridized carbons (Fsp3) is 0.600. The van der Waals surface area contributed by atoms with E-state index in [1.165, 1.54) is 18.9 Å². The highest BCUT2D eigenvalue weighted by molar-refractivity contribution is 5.97. The van der Waals surface area contributed by atoms with Gasteiger partial charge in [0.15, 0.2) is 0 Å². The Morgan fingerprint density at radius 2 is 2.11 bits per heavy atom. The number of carbonyl (C=O) groups excluding carboxylic acids is 3. The van der Waals surface area contributed by atoms with Crippen molar-refractivity contribution in [1.29, 1.82) is 0 Å². The normalized spacial score (nSPS) is 21.2. The smallest absolute Gasteiger partial charge is 0.322 e. The summed E-state index contributed by atoms with van der Waals surface area (Å²) in [6, 6.07) is -2.60. The molecule has 0 radical (unpaired) electrons. The van der Waals surface area contributed by atoms with Crippen LogP contribution in [-0.4, -0.2) is 66.0 Å². The summed E-state index contributed by atoms with van der Waals surface area (Å²) in [5, 5.41) is 15.7. The minimum atomic E-state index is -1.14. The van der Waals surface area contributed by atoms with Crippen LogP contribution < -0.4 is 16.0 Å². The van der Waals surface area contributed by atoms with E-state index in [0.29, 0.717) is 0 Å². The van der Waals surface area contributed by atoms with Crippen LogP contribution in [0.3, 0.4) is 0 Å². The van der Waals surface area contributed by atoms with Crippen molar-refractivity contribution < 1.29 is 24.3 Å². The fourth-order valence-electron chi connectivity index (χ4n) is 1.73. The van der Waals surface area contributed by atoms with Crippen LogP contribution in [0.15, 0.2) is 0 Å². The number of nitrogens with one attached hydrogen (secondary N) is 3. The maximum atomic E-state index is 11.7. The highest BCUT2D eigenvalue weighted by Crippen LogP contribution is 2.09. The van der Waals surface area contributed by atoms with E-state index in [-0.39, 0.29) is 19.0 Å². The van der Waals surface area contributed by atoms with E-state index in [1.807, 2.05) is 5.32 Å². The summed E-state index contributed by atoms with van der Waals surface area (Å²) in [4.78, 5) is 46.4. The average Bonchev–Trinajstić information content (AvgIpc) is 2.36. The Labute approximate surface area is 109 Å². The predicted molar refractivity (Wildman–Crippen MR) is 63.2 cm³/mol. The van der Waals surface area contributed by atoms with Gasteiger partial charge in [-0.15, -0.1) is 0 Å². The van der Waals surface area contributed by atoms with Gasteiger partial charge in [-0.05, 0) is 6.92 Å². The lowest BCUT2D eigenvalue weighted by Gasteiger charge is -2.36. The zero-order chi connectivity index (χ0) is 14.6. The molecule has 4 N–H and O–H groups in total. The number of aliphatic carboxylic acids is 1. The lowest BCUT2D eigenvalue weighted by Crippen LogP contribution is -2.63. The van der Waals surface area contributed by atoms with Crippen molar-refractivity contribution in [2.24, 2.45) is 0 Å². The lowest BCUT2D eigenvalue weighted by atomic mass is 10.1. The van der Waals surface area contributed by atoms with Gasteiger partial charge in [0, 0.05) is 13.6 Å². The molecule has 0 saturated carbocycles. The first kappa shape index (κ1) is 14.9. The summed E-state index contributed by atoms with van der Waals surface area (Å²) in [6.07, 6.45) is 0. The average molecular weight is 272 g/mol. The summed E-state index contributed by atoms with van der Waals surface area (Å²) in [7, 11) is 1.35. The number of piperazine rings is 1. The molecule has 4 amide bonds. The molecule has 1 saturated heterocycles. The highest BCUT2D eigenvalue weighted by atomic mass is 16.4. The molecule has 106 valence electrons. The number of hydrogen-bond acceptors (Lipinski definition) is 5. The second-order valence-electron chi connectivity index (χ2n) is 4.07. The first-order chi connectivity index (χ1) is 8.86. The summed E-state index contributed by atoms with van der Waals surface area (Å²) >= 11 is 0. The Morgan fingerprint density at radius 1 is 1.47 bits per heavy atom. The zero-order valence-electron chi connectivity index (χ0n) is 10.6. The molecule has 9 nitrogen and oxygen atoms in total. The maximum absolute atomic E-state index is 11.7. The van der Waals surface area contributed by atoms with E-state index in [4.69, 9.17) is 5.11 Å². The van der Waals surface area contributed by atoms with Crippen LogP contribution in [0.25, 0.3) is 0 Å². The number of carbonyl (C=O) groups is 4. The Balaban J connectivity index is 2.78. The van der Waals surface area contributed by atoms with Crippen LogP contribution in [0.2, 0.25) is 0 Å². The Bertz CT molecular complexity index is 411. The van der Waals surface area contributed by atoms with Gasteiger partial charge >= 0.3 is 12.0 Å². The molecular weight excluding hydrogens is 256 g/mol. The lowest BCUT2D eigenvalue weighted by molar-refractivity contribution is -0.148. The monoisotopic (exact) mass is 272 g/mol. The second kappa shape index (κ2) is 6.14. The van der Waals surface area contributed by atoms with Gasteiger partial charge in [-0.2, -0.15) is 0 Å². The van der Waals surface area contributed by atoms with Gasteiger partial charge in [0.25, 0.3) is 0 Å². The third-order valence-electron chi connectivity index (χ3n) is 2.84. The first-order valence-corrected chi connectivity index (χ1v) is 5.64. The third-order valence-corrected chi connectivity index (χ3v) is 2.84. The molecule has 0 aromatic carbocycles. The summed E-state index contributed by atoms with van der Waals surface area (Å²) < 4.78 is 0. The molecular formula is C10H16N4O5. The topological polar surface area (TPSA) is 128 Å². The van der Waals surface area contributed by atoms with Crippen molar-refractivity contribution in [2.45, 2.75) is 19.0 Å². The van der Waals surface area contributed by atoms with Crippen molar-refractivity contribution >= 4 is 23.8 Å². The molecule has 1 heterocycles. The van der Waals surface area contributed by atoms with E-state index in [0.717, 1.165) is 0 Å². The molecule has 0 aromatic rings. The molecule has 0 bridgehead atoms. The number of nitrogens with zero attached hydrogens (tertiary/aromatic N) is 1. The summed E-state index contributed by atoms with van der Waals surface area (Å²) in [5.41, 5.74) is 0. The quantitative estimate of drug-likeness (QED) is 0.458. The Kier molecular flexibility index (Phi) is 4.81. The zero-order valence-corrected chi connectivity index (χ0v) is 10.6. The van der Waals surface area contributed by atoms with Gasteiger partial charge < -0.3 is 15.7 Å². The molecule has 9 heteroatoms. The highest BCUT2D eigenvalue weighted by Gasteiger charge is 2.37. The molecule has 19 heavy (non-hydrogen) atoms. The number of urea groups is 1. The van der Waals surface area contributed by atoms with Gasteiger partial charge in [0.2, 0.25) is 11.8 Å². The molecule has 0 spiro atoms. The van der Waals surface area contributed by atoms with E-state index in [1.54, 1.807) is 0 Å². The Morgan fingerprint density at radius 3 is 2.63 bits per heavy atom. The molecule has 1 aliphatic heterocycles. The van der Waals surface area contributed by atoms with Crippen LogP contribution in [0.4, 0.5) is 4.79 Å². The number of amides is 4. The number of carboxylic acids is 1. The number of rotatable bonds is 3. The Hall–Kier alpha value is -2.16. The molecule has 0 aromatic heterocycles. The summed E-state index contributed by atoms with van der Waals surface area (Å²) in [6.45, 7) is 1.15. The van der Waals surface area contributed by atoms with E-state index in [2.05, 4.69) is 10.6 Å². The van der Waals surface area contributed by atoms with E-state index < -0.39 is 30.0 Å². The van der Waals surface area contributed by atoms with Crippen molar-refractivity contribution in [1.82, 2.24) is 20.9 Å². The SMILES string of the molecule is CNC(=O)NC(=O)C(C)N1CC(=O)NCC1C(=O)O. The van der Waals surface area contributed by atoms with Crippen molar-refractivity contribution in [3.8, 4) is 0 Å². The number of imide groups is 1. The van der Waals surface area contributed by atoms with Gasteiger partial charge in [0.1, 0.15) is 6.04 Å². The van der Waals surface area contributed by atoms with Crippen LogP contribution in [0, 0.1) is 0 Å². The van der Waals surface area contributed by atoms with Gasteiger partial charge in [-0.25, -0.2) is 4.79 Å². The van der Waals surface area contributed by atoms with Crippen LogP contribution in [0.1, 0.15) is 6.92 Å².